The zero-order valence-corrected chi connectivity index (χ0v) is 19.9. The molecule has 1 unspecified atom stereocenters. The van der Waals surface area contributed by atoms with E-state index in [1.54, 1.807) is 14.2 Å². The van der Waals surface area contributed by atoms with Crippen molar-refractivity contribution in [2.45, 2.75) is 51.6 Å². The third-order valence-corrected chi connectivity index (χ3v) is 6.60. The second kappa shape index (κ2) is 12.2. The largest absolute Gasteiger partial charge is 0.493 e. The molecule has 2 heterocycles. The fraction of sp³-hybridized carbons (Fsp3) is 0.708. The first-order valence-electron chi connectivity index (χ1n) is 11.8. The molecule has 0 bridgehead atoms. The smallest absolute Gasteiger partial charge is 0.191 e. The monoisotopic (exact) mass is 431 g/mol. The summed E-state index contributed by atoms with van der Waals surface area (Å²) < 4.78 is 10.9. The molecule has 3 rings (SSSR count). The number of hydrogen-bond acceptors (Lipinski definition) is 5. The number of hydrogen-bond donors (Lipinski definition) is 2. The van der Waals surface area contributed by atoms with E-state index in [-0.39, 0.29) is 0 Å². The summed E-state index contributed by atoms with van der Waals surface area (Å²) in [5, 5.41) is 6.94. The van der Waals surface area contributed by atoms with Crippen LogP contribution in [-0.2, 0) is 13.0 Å². The number of piperidine rings is 1. The highest BCUT2D eigenvalue weighted by Gasteiger charge is 2.19. The lowest BCUT2D eigenvalue weighted by molar-refractivity contribution is 0.159. The quantitative estimate of drug-likeness (QED) is 0.356. The SMILES string of the molecule is CN=C(NCCCN1CCCCC1C)NCCN1CCc2cc(OC)c(OC)cc2C1. The molecule has 0 spiro atoms. The lowest BCUT2D eigenvalue weighted by atomic mass is 9.99. The minimum atomic E-state index is 0.738. The van der Waals surface area contributed by atoms with Gasteiger partial charge in [-0.25, -0.2) is 0 Å². The van der Waals surface area contributed by atoms with E-state index in [1.165, 1.54) is 43.5 Å². The summed E-state index contributed by atoms with van der Waals surface area (Å²) in [5.74, 6) is 2.53. The van der Waals surface area contributed by atoms with Crippen molar-refractivity contribution in [2.75, 3.05) is 60.5 Å². The molecule has 1 atom stereocenters. The van der Waals surface area contributed by atoms with E-state index in [1.807, 2.05) is 7.05 Å². The lowest BCUT2D eigenvalue weighted by Gasteiger charge is -2.33. The van der Waals surface area contributed by atoms with E-state index >= 15 is 0 Å². The van der Waals surface area contributed by atoms with E-state index < -0.39 is 0 Å². The fourth-order valence-corrected chi connectivity index (χ4v) is 4.66. The molecule has 1 saturated heterocycles. The fourth-order valence-electron chi connectivity index (χ4n) is 4.66. The number of rotatable bonds is 9. The van der Waals surface area contributed by atoms with Gasteiger partial charge in [0.2, 0.25) is 0 Å². The van der Waals surface area contributed by atoms with E-state index in [0.29, 0.717) is 0 Å². The zero-order valence-electron chi connectivity index (χ0n) is 19.9. The third kappa shape index (κ3) is 6.74. The average molecular weight is 432 g/mol. The molecule has 31 heavy (non-hydrogen) atoms. The summed E-state index contributed by atoms with van der Waals surface area (Å²) in [7, 11) is 5.24. The first-order valence-corrected chi connectivity index (χ1v) is 11.8. The second-order valence-corrected chi connectivity index (χ2v) is 8.66. The number of ether oxygens (including phenoxy) is 2. The summed E-state index contributed by atoms with van der Waals surface area (Å²) in [6, 6.07) is 4.99. The summed E-state index contributed by atoms with van der Waals surface area (Å²) in [6.45, 7) is 9.62. The predicted octanol–water partition coefficient (Wildman–Crippen LogP) is 2.49. The standard InChI is InChI=1S/C24H41N5O2/c1-19-8-5-6-12-29(19)13-7-10-26-24(25-2)27-11-15-28-14-9-20-16-22(30-3)23(31-4)17-21(20)18-28/h16-17,19H,5-15,18H2,1-4H3,(H2,25,26,27). The molecule has 1 aromatic carbocycles. The number of benzene rings is 1. The van der Waals surface area contributed by atoms with Gasteiger partial charge in [0.25, 0.3) is 0 Å². The summed E-state index contributed by atoms with van der Waals surface area (Å²) in [5.41, 5.74) is 2.70. The Kier molecular flexibility index (Phi) is 9.28. The van der Waals surface area contributed by atoms with Gasteiger partial charge in [-0.2, -0.15) is 0 Å². The maximum atomic E-state index is 5.47. The molecule has 0 aliphatic carbocycles. The van der Waals surface area contributed by atoms with E-state index in [0.717, 1.165) is 69.1 Å². The molecule has 1 aromatic rings. The van der Waals surface area contributed by atoms with Gasteiger partial charge >= 0.3 is 0 Å². The van der Waals surface area contributed by atoms with Crippen molar-refractivity contribution < 1.29 is 9.47 Å². The third-order valence-electron chi connectivity index (χ3n) is 6.60. The summed E-state index contributed by atoms with van der Waals surface area (Å²) in [4.78, 5) is 9.48. The van der Waals surface area contributed by atoms with Crippen LogP contribution in [0.25, 0.3) is 0 Å². The number of likely N-dealkylation sites (tertiary alicyclic amines) is 1. The highest BCUT2D eigenvalue weighted by molar-refractivity contribution is 5.79. The molecular formula is C24H41N5O2. The number of methoxy groups -OCH3 is 2. The lowest BCUT2D eigenvalue weighted by Crippen LogP contribution is -2.44. The van der Waals surface area contributed by atoms with Gasteiger partial charge < -0.3 is 25.0 Å². The summed E-state index contributed by atoms with van der Waals surface area (Å²) in [6.07, 6.45) is 6.27. The molecule has 2 aliphatic heterocycles. The van der Waals surface area contributed by atoms with Crippen molar-refractivity contribution in [3.63, 3.8) is 0 Å². The molecule has 0 aromatic heterocycles. The van der Waals surface area contributed by atoms with Gasteiger partial charge in [0.05, 0.1) is 14.2 Å². The number of nitrogens with one attached hydrogen (secondary N) is 2. The van der Waals surface area contributed by atoms with Crippen molar-refractivity contribution in [1.29, 1.82) is 0 Å². The molecule has 7 heteroatoms. The number of fused-ring (bicyclic) bond motifs is 1. The van der Waals surface area contributed by atoms with Crippen molar-refractivity contribution in [2.24, 2.45) is 4.99 Å². The molecule has 0 radical (unpaired) electrons. The van der Waals surface area contributed by atoms with E-state index in [9.17, 15) is 0 Å². The Morgan fingerprint density at radius 3 is 2.48 bits per heavy atom. The van der Waals surface area contributed by atoms with Crippen LogP contribution in [0.4, 0.5) is 0 Å². The number of aliphatic imine (C=N–C) groups is 1. The Labute approximate surface area is 188 Å². The second-order valence-electron chi connectivity index (χ2n) is 8.66. The number of guanidine groups is 1. The van der Waals surface area contributed by atoms with Crippen LogP contribution >= 0.6 is 0 Å². The van der Waals surface area contributed by atoms with Gasteiger partial charge in [-0.3, -0.25) is 9.89 Å². The van der Waals surface area contributed by atoms with Crippen LogP contribution in [0.3, 0.4) is 0 Å². The minimum absolute atomic E-state index is 0.738. The Balaban J connectivity index is 1.36. The molecule has 174 valence electrons. The van der Waals surface area contributed by atoms with Gasteiger partial charge in [-0.05, 0) is 62.4 Å². The van der Waals surface area contributed by atoms with Crippen LogP contribution < -0.4 is 20.1 Å². The highest BCUT2D eigenvalue weighted by Crippen LogP contribution is 2.33. The zero-order chi connectivity index (χ0) is 22.1. The molecular weight excluding hydrogens is 390 g/mol. The van der Waals surface area contributed by atoms with Crippen LogP contribution in [0, 0.1) is 0 Å². The Morgan fingerprint density at radius 2 is 1.77 bits per heavy atom. The van der Waals surface area contributed by atoms with Crippen LogP contribution in [0.15, 0.2) is 17.1 Å². The Morgan fingerprint density at radius 1 is 1.03 bits per heavy atom. The first-order chi connectivity index (χ1) is 15.1. The van der Waals surface area contributed by atoms with Gasteiger partial charge in [-0.15, -0.1) is 0 Å². The summed E-state index contributed by atoms with van der Waals surface area (Å²) >= 11 is 0. The van der Waals surface area contributed by atoms with Crippen LogP contribution in [0.2, 0.25) is 0 Å². The van der Waals surface area contributed by atoms with E-state index in [4.69, 9.17) is 9.47 Å². The first kappa shape index (κ1) is 23.7. The molecule has 7 nitrogen and oxygen atoms in total. The van der Waals surface area contributed by atoms with Gasteiger partial charge in [0, 0.05) is 52.4 Å². The van der Waals surface area contributed by atoms with E-state index in [2.05, 4.69) is 44.5 Å². The van der Waals surface area contributed by atoms with Crippen molar-refractivity contribution in [3.8, 4) is 11.5 Å². The van der Waals surface area contributed by atoms with Gasteiger partial charge in [0.15, 0.2) is 17.5 Å². The maximum absolute atomic E-state index is 5.47. The molecule has 2 aliphatic rings. The normalized spacial score (nSPS) is 20.3. The van der Waals surface area contributed by atoms with Crippen LogP contribution in [0.5, 0.6) is 11.5 Å². The highest BCUT2D eigenvalue weighted by atomic mass is 16.5. The minimum Gasteiger partial charge on any atom is -0.493 e. The Hall–Kier alpha value is -1.99. The molecule has 0 amide bonds. The molecule has 2 N–H and O–H groups in total. The van der Waals surface area contributed by atoms with Gasteiger partial charge in [-0.1, -0.05) is 6.42 Å². The topological polar surface area (TPSA) is 61.4 Å². The maximum Gasteiger partial charge on any atom is 0.191 e. The average Bonchev–Trinajstić information content (AvgIpc) is 2.80. The molecule has 0 saturated carbocycles. The van der Waals surface area contributed by atoms with Crippen molar-refractivity contribution >= 4 is 5.96 Å². The van der Waals surface area contributed by atoms with Crippen LogP contribution in [-0.4, -0.2) is 82.3 Å². The van der Waals surface area contributed by atoms with Gasteiger partial charge in [0.1, 0.15) is 0 Å². The van der Waals surface area contributed by atoms with Crippen molar-refractivity contribution in [1.82, 2.24) is 20.4 Å². The predicted molar refractivity (Wildman–Crippen MR) is 127 cm³/mol. The van der Waals surface area contributed by atoms with Crippen LogP contribution in [0.1, 0.15) is 43.7 Å². The Bertz CT molecular complexity index is 724. The number of nitrogens with zero attached hydrogens (tertiary/aromatic N) is 3. The molecule has 1 fully saturated rings. The van der Waals surface area contributed by atoms with Crippen molar-refractivity contribution in [3.05, 3.63) is 23.3 Å².